The molecule has 1 rings (SSSR count). The van der Waals surface area contributed by atoms with Crippen LogP contribution in [0.25, 0.3) is 0 Å². The summed E-state index contributed by atoms with van der Waals surface area (Å²) in [5, 5.41) is 0. The molecule has 7 heteroatoms. The molecule has 4 nitrogen and oxygen atoms in total. The maximum absolute atomic E-state index is 13.3. The number of hydrogen-bond donors (Lipinski definition) is 0. The molecule has 17 heavy (non-hydrogen) atoms. The smallest absolute Gasteiger partial charge is 0.464 e. The molecule has 0 bridgehead atoms. The van der Waals surface area contributed by atoms with Crippen molar-refractivity contribution in [3.8, 4) is 0 Å². The van der Waals surface area contributed by atoms with Crippen LogP contribution >= 0.6 is 0 Å². The molecule has 1 aliphatic heterocycles. The van der Waals surface area contributed by atoms with Crippen molar-refractivity contribution in [2.75, 3.05) is 7.11 Å². The van der Waals surface area contributed by atoms with Gasteiger partial charge in [-0.15, -0.1) is 0 Å². The number of halogens is 2. The Balaban J connectivity index is 2.71. The fraction of sp³-hybridized carbons (Fsp3) is 0.900. The fourth-order valence-electron chi connectivity index (χ4n) is 1.49. The summed E-state index contributed by atoms with van der Waals surface area (Å²) in [6.07, 6.45) is -0.841. The predicted molar refractivity (Wildman–Crippen MR) is 57.9 cm³/mol. The summed E-state index contributed by atoms with van der Waals surface area (Å²) >= 11 is 0. The van der Waals surface area contributed by atoms with Crippen LogP contribution in [0, 0.1) is 0 Å². The molecule has 1 aliphatic rings. The number of alkyl halides is 2. The molecule has 0 amide bonds. The molecule has 0 atom stereocenters. The van der Waals surface area contributed by atoms with E-state index in [4.69, 9.17) is 9.31 Å². The van der Waals surface area contributed by atoms with E-state index >= 15 is 0 Å². The highest BCUT2D eigenvalue weighted by Gasteiger charge is 2.56. The average Bonchev–Trinajstić information content (AvgIpc) is 2.32. The Morgan fingerprint density at radius 2 is 1.65 bits per heavy atom. The molecule has 0 spiro atoms. The SMILES string of the molecule is COC(=O)C(F)(F)CB1OC(C)(C)C(C)(C)O1. The highest BCUT2D eigenvalue weighted by atomic mass is 19.3. The molecular formula is C10H17BF2O4. The van der Waals surface area contributed by atoms with Crippen LogP contribution in [-0.2, 0) is 18.8 Å². The van der Waals surface area contributed by atoms with Crippen molar-refractivity contribution in [1.82, 2.24) is 0 Å². The van der Waals surface area contributed by atoms with E-state index in [-0.39, 0.29) is 0 Å². The molecule has 0 aromatic heterocycles. The first-order chi connectivity index (χ1) is 7.52. The molecule has 1 saturated heterocycles. The lowest BCUT2D eigenvalue weighted by atomic mass is 9.81. The third-order valence-electron chi connectivity index (χ3n) is 3.21. The highest BCUT2D eigenvalue weighted by molar-refractivity contribution is 6.46. The monoisotopic (exact) mass is 250 g/mol. The second kappa shape index (κ2) is 4.21. The van der Waals surface area contributed by atoms with Crippen molar-refractivity contribution in [3.63, 3.8) is 0 Å². The zero-order chi connectivity index (χ0) is 13.5. The third kappa shape index (κ3) is 2.77. The minimum atomic E-state index is -3.60. The average molecular weight is 250 g/mol. The van der Waals surface area contributed by atoms with Gasteiger partial charge in [-0.2, -0.15) is 8.78 Å². The van der Waals surface area contributed by atoms with Crippen LogP contribution in [-0.4, -0.2) is 37.3 Å². The van der Waals surface area contributed by atoms with Gasteiger partial charge in [-0.05, 0) is 27.7 Å². The van der Waals surface area contributed by atoms with Gasteiger partial charge in [0.15, 0.2) is 0 Å². The number of esters is 1. The first-order valence-corrected chi connectivity index (χ1v) is 5.34. The van der Waals surface area contributed by atoms with Gasteiger partial charge < -0.3 is 14.0 Å². The summed E-state index contributed by atoms with van der Waals surface area (Å²) in [6.45, 7) is 7.01. The number of carbonyl (C=O) groups excluding carboxylic acids is 1. The highest BCUT2D eigenvalue weighted by Crippen LogP contribution is 2.39. The Labute approximate surface area is 99.7 Å². The molecule has 0 saturated carbocycles. The van der Waals surface area contributed by atoms with Crippen LogP contribution in [0.3, 0.4) is 0 Å². The quantitative estimate of drug-likeness (QED) is 0.566. The second-order valence-corrected chi connectivity index (χ2v) is 5.09. The van der Waals surface area contributed by atoms with Crippen LogP contribution in [0.5, 0.6) is 0 Å². The van der Waals surface area contributed by atoms with Crippen molar-refractivity contribution < 1.29 is 27.6 Å². The van der Waals surface area contributed by atoms with Gasteiger partial charge in [0.05, 0.1) is 24.6 Å². The second-order valence-electron chi connectivity index (χ2n) is 5.09. The van der Waals surface area contributed by atoms with Crippen molar-refractivity contribution >= 4 is 13.1 Å². The number of rotatable bonds is 3. The zero-order valence-electron chi connectivity index (χ0n) is 10.7. The van der Waals surface area contributed by atoms with Crippen molar-refractivity contribution in [2.24, 2.45) is 0 Å². The van der Waals surface area contributed by atoms with E-state index in [2.05, 4.69) is 4.74 Å². The largest absolute Gasteiger partial charge is 0.465 e. The molecular weight excluding hydrogens is 233 g/mol. The predicted octanol–water partition coefficient (Wildman–Crippen LogP) is 1.89. The van der Waals surface area contributed by atoms with Crippen LogP contribution in [0.15, 0.2) is 0 Å². The summed E-state index contributed by atoms with van der Waals surface area (Å²) < 4.78 is 41.5. The maximum atomic E-state index is 13.3. The number of carbonyl (C=O) groups is 1. The molecule has 1 heterocycles. The summed E-state index contributed by atoms with van der Waals surface area (Å²) in [4.78, 5) is 10.9. The zero-order valence-corrected chi connectivity index (χ0v) is 10.7. The van der Waals surface area contributed by atoms with Crippen LogP contribution in [0.2, 0.25) is 6.32 Å². The molecule has 1 fully saturated rings. The first kappa shape index (κ1) is 14.4. The third-order valence-corrected chi connectivity index (χ3v) is 3.21. The van der Waals surface area contributed by atoms with Gasteiger partial charge in [0.25, 0.3) is 0 Å². The van der Waals surface area contributed by atoms with E-state index in [1.54, 1.807) is 27.7 Å². The van der Waals surface area contributed by atoms with E-state index < -0.39 is 36.5 Å². The van der Waals surface area contributed by atoms with Crippen LogP contribution < -0.4 is 0 Å². The van der Waals surface area contributed by atoms with Crippen molar-refractivity contribution in [1.29, 1.82) is 0 Å². The van der Waals surface area contributed by atoms with Crippen molar-refractivity contribution in [3.05, 3.63) is 0 Å². The van der Waals surface area contributed by atoms with Gasteiger partial charge in [-0.1, -0.05) is 0 Å². The van der Waals surface area contributed by atoms with Gasteiger partial charge in [0, 0.05) is 0 Å². The lowest BCUT2D eigenvalue weighted by Crippen LogP contribution is -2.41. The molecule has 0 aromatic carbocycles. The Morgan fingerprint density at radius 1 is 1.24 bits per heavy atom. The Morgan fingerprint density at radius 3 is 2.00 bits per heavy atom. The van der Waals surface area contributed by atoms with Gasteiger partial charge in [-0.3, -0.25) is 0 Å². The van der Waals surface area contributed by atoms with E-state index in [1.807, 2.05) is 0 Å². The summed E-state index contributed by atoms with van der Waals surface area (Å²) in [5.41, 5.74) is -1.38. The van der Waals surface area contributed by atoms with Gasteiger partial charge in [0.1, 0.15) is 0 Å². The molecule has 0 radical (unpaired) electrons. The van der Waals surface area contributed by atoms with E-state index in [0.717, 1.165) is 7.11 Å². The Bertz CT molecular complexity index is 301. The van der Waals surface area contributed by atoms with E-state index in [1.165, 1.54) is 0 Å². The Hall–Kier alpha value is -0.685. The lowest BCUT2D eigenvalue weighted by Gasteiger charge is -2.32. The van der Waals surface area contributed by atoms with Gasteiger partial charge in [0.2, 0.25) is 0 Å². The van der Waals surface area contributed by atoms with Crippen molar-refractivity contribution in [2.45, 2.75) is 51.1 Å². The van der Waals surface area contributed by atoms with E-state index in [0.29, 0.717) is 0 Å². The molecule has 0 unspecified atom stereocenters. The standard InChI is InChI=1S/C10H17BF2O4/c1-8(2)9(3,4)17-11(16-8)6-10(12,13)7(14)15-5/h6H2,1-5H3. The summed E-state index contributed by atoms with van der Waals surface area (Å²) in [7, 11) is -0.199. The Kier molecular flexibility index (Phi) is 3.56. The van der Waals surface area contributed by atoms with Gasteiger partial charge >= 0.3 is 19.0 Å². The normalized spacial score (nSPS) is 22.6. The molecule has 0 aromatic rings. The maximum Gasteiger partial charge on any atom is 0.464 e. The number of hydrogen-bond acceptors (Lipinski definition) is 4. The first-order valence-electron chi connectivity index (χ1n) is 5.34. The van der Waals surface area contributed by atoms with Gasteiger partial charge in [-0.25, -0.2) is 4.79 Å². The minimum Gasteiger partial charge on any atom is -0.465 e. The topological polar surface area (TPSA) is 44.8 Å². The van der Waals surface area contributed by atoms with E-state index in [9.17, 15) is 13.6 Å². The number of methoxy groups -OCH3 is 1. The molecule has 0 aliphatic carbocycles. The molecule has 0 N–H and O–H groups in total. The summed E-state index contributed by atoms with van der Waals surface area (Å²) in [5.74, 6) is -5.18. The number of ether oxygens (including phenoxy) is 1. The van der Waals surface area contributed by atoms with Crippen LogP contribution in [0.1, 0.15) is 27.7 Å². The fourth-order valence-corrected chi connectivity index (χ4v) is 1.49. The lowest BCUT2D eigenvalue weighted by molar-refractivity contribution is -0.166. The van der Waals surface area contributed by atoms with Crippen LogP contribution in [0.4, 0.5) is 8.78 Å². The minimum absolute atomic E-state index is 0.691. The summed E-state index contributed by atoms with van der Waals surface area (Å²) in [6, 6.07) is 0. The molecule has 98 valence electrons.